The van der Waals surface area contributed by atoms with Crippen molar-refractivity contribution in [3.63, 3.8) is 0 Å². The molecule has 5 rings (SSSR count). The summed E-state index contributed by atoms with van der Waals surface area (Å²) in [5.74, 6) is 0.769. The number of halogens is 1. The summed E-state index contributed by atoms with van der Waals surface area (Å²) in [7, 11) is -2.13. The van der Waals surface area contributed by atoms with Gasteiger partial charge in [0.25, 0.3) is 0 Å². The third-order valence-electron chi connectivity index (χ3n) is 6.00. The van der Waals surface area contributed by atoms with E-state index in [2.05, 4.69) is 10.1 Å². The topological polar surface area (TPSA) is 80.2 Å². The summed E-state index contributed by atoms with van der Waals surface area (Å²) < 4.78 is 36.2. The van der Waals surface area contributed by atoms with Gasteiger partial charge in [-0.15, -0.1) is 0 Å². The highest BCUT2D eigenvalue weighted by molar-refractivity contribution is 7.89. The second-order valence-corrected chi connectivity index (χ2v) is 10.1. The van der Waals surface area contributed by atoms with Crippen LogP contribution in [-0.4, -0.2) is 41.1 Å². The zero-order valence-electron chi connectivity index (χ0n) is 17.7. The number of nitrogens with one attached hydrogen (secondary N) is 1. The molecule has 1 aliphatic heterocycles. The lowest BCUT2D eigenvalue weighted by Crippen LogP contribution is -2.40. The Bertz CT molecular complexity index is 1390. The van der Waals surface area contributed by atoms with E-state index in [9.17, 15) is 8.42 Å². The van der Waals surface area contributed by atoms with E-state index in [0.717, 1.165) is 33.5 Å². The normalized spacial score (nSPS) is 16.9. The van der Waals surface area contributed by atoms with Gasteiger partial charge in [0.05, 0.1) is 24.2 Å². The standard InChI is InChI=1S/C23H23ClN4O3S/c1-3-27-14-15(13-25-27)23-22-19(20-12-17(31-2)6-9-21(20)26-22)10-11-28(23)32(29,30)18-7-4-16(24)5-8-18/h4-9,12-14,23,26H,3,10-11H2,1-2H3. The number of sulfonamides is 1. The van der Waals surface area contributed by atoms with Crippen LogP contribution in [0.2, 0.25) is 5.02 Å². The van der Waals surface area contributed by atoms with Gasteiger partial charge in [-0.3, -0.25) is 4.68 Å². The predicted octanol–water partition coefficient (Wildman–Crippen LogP) is 4.38. The highest BCUT2D eigenvalue weighted by Crippen LogP contribution is 2.41. The fourth-order valence-corrected chi connectivity index (χ4v) is 6.11. The molecule has 1 aliphatic rings. The Kier molecular flexibility index (Phi) is 5.23. The van der Waals surface area contributed by atoms with Gasteiger partial charge in [-0.2, -0.15) is 9.40 Å². The molecule has 4 aromatic rings. The number of H-pyrrole nitrogens is 1. The Labute approximate surface area is 191 Å². The maximum Gasteiger partial charge on any atom is 0.244 e. The van der Waals surface area contributed by atoms with Crippen LogP contribution in [0.3, 0.4) is 0 Å². The molecule has 32 heavy (non-hydrogen) atoms. The first kappa shape index (κ1) is 21.1. The van der Waals surface area contributed by atoms with Crippen molar-refractivity contribution in [3.05, 3.63) is 76.7 Å². The zero-order valence-corrected chi connectivity index (χ0v) is 19.3. The number of nitrogens with zero attached hydrogens (tertiary/aromatic N) is 3. The number of benzene rings is 2. The van der Waals surface area contributed by atoms with Gasteiger partial charge in [-0.05, 0) is 61.4 Å². The van der Waals surface area contributed by atoms with Crippen molar-refractivity contribution in [3.8, 4) is 5.75 Å². The molecule has 2 aromatic heterocycles. The number of rotatable bonds is 5. The number of ether oxygens (including phenoxy) is 1. The number of hydrogen-bond acceptors (Lipinski definition) is 4. The molecule has 1 N–H and O–H groups in total. The van der Waals surface area contributed by atoms with Crippen LogP contribution in [0.15, 0.2) is 59.8 Å². The van der Waals surface area contributed by atoms with Gasteiger partial charge < -0.3 is 9.72 Å². The minimum atomic E-state index is -3.77. The Morgan fingerprint density at radius 3 is 2.69 bits per heavy atom. The number of aromatic nitrogens is 3. The number of methoxy groups -OCH3 is 1. The summed E-state index contributed by atoms with van der Waals surface area (Å²) in [6, 6.07) is 11.7. The van der Waals surface area contributed by atoms with Gasteiger partial charge in [0.2, 0.25) is 10.0 Å². The van der Waals surface area contributed by atoms with Gasteiger partial charge in [0, 0.05) is 46.5 Å². The second-order valence-electron chi connectivity index (χ2n) is 7.78. The predicted molar refractivity (Wildman–Crippen MR) is 124 cm³/mol. The molecule has 0 saturated heterocycles. The molecule has 1 unspecified atom stereocenters. The maximum absolute atomic E-state index is 13.7. The number of aryl methyl sites for hydroxylation is 1. The van der Waals surface area contributed by atoms with Crippen LogP contribution in [0.25, 0.3) is 10.9 Å². The molecule has 0 radical (unpaired) electrons. The summed E-state index contributed by atoms with van der Waals surface area (Å²) in [5, 5.41) is 5.96. The van der Waals surface area contributed by atoms with Crippen LogP contribution in [-0.2, 0) is 23.0 Å². The molecular weight excluding hydrogens is 448 g/mol. The van der Waals surface area contributed by atoms with Crippen molar-refractivity contribution in [1.82, 2.24) is 19.1 Å². The highest BCUT2D eigenvalue weighted by atomic mass is 35.5. The fraction of sp³-hybridized carbons (Fsp3) is 0.261. The molecule has 0 amide bonds. The molecule has 0 aliphatic carbocycles. The monoisotopic (exact) mass is 470 g/mol. The fourth-order valence-electron chi connectivity index (χ4n) is 4.40. The van der Waals surface area contributed by atoms with Crippen LogP contribution < -0.4 is 4.74 Å². The first-order chi connectivity index (χ1) is 15.4. The average molecular weight is 471 g/mol. The first-order valence-electron chi connectivity index (χ1n) is 10.4. The third kappa shape index (κ3) is 3.39. The molecular formula is C23H23ClN4O3S. The van der Waals surface area contributed by atoms with E-state index < -0.39 is 16.1 Å². The van der Waals surface area contributed by atoms with Crippen molar-refractivity contribution in [2.75, 3.05) is 13.7 Å². The largest absolute Gasteiger partial charge is 0.497 e. The van der Waals surface area contributed by atoms with Gasteiger partial charge in [-0.25, -0.2) is 8.42 Å². The molecule has 0 spiro atoms. The Hall–Kier alpha value is -2.81. The molecule has 3 heterocycles. The zero-order chi connectivity index (χ0) is 22.5. The maximum atomic E-state index is 13.7. The van der Waals surface area contributed by atoms with Crippen LogP contribution in [0.4, 0.5) is 0 Å². The van der Waals surface area contributed by atoms with Crippen molar-refractivity contribution in [1.29, 1.82) is 0 Å². The van der Waals surface area contributed by atoms with Crippen molar-refractivity contribution in [2.45, 2.75) is 30.8 Å². The summed E-state index contributed by atoms with van der Waals surface area (Å²) >= 11 is 5.99. The van der Waals surface area contributed by atoms with E-state index in [1.165, 1.54) is 0 Å². The molecule has 0 fully saturated rings. The quantitative estimate of drug-likeness (QED) is 0.469. The minimum Gasteiger partial charge on any atom is -0.497 e. The lowest BCUT2D eigenvalue weighted by molar-refractivity contribution is 0.340. The Balaban J connectivity index is 1.69. The first-order valence-corrected chi connectivity index (χ1v) is 12.2. The van der Waals surface area contributed by atoms with Gasteiger partial charge in [-0.1, -0.05) is 11.6 Å². The van der Waals surface area contributed by atoms with Crippen LogP contribution >= 0.6 is 11.6 Å². The SMILES string of the molecule is CCn1cc(C2c3[nH]c4ccc(OC)cc4c3CCN2S(=O)(=O)c2ccc(Cl)cc2)cn1. The summed E-state index contributed by atoms with van der Waals surface area (Å²) in [4.78, 5) is 3.70. The lowest BCUT2D eigenvalue weighted by Gasteiger charge is -2.34. The molecule has 0 saturated carbocycles. The minimum absolute atomic E-state index is 0.219. The van der Waals surface area contributed by atoms with Crippen molar-refractivity contribution < 1.29 is 13.2 Å². The summed E-state index contributed by atoms with van der Waals surface area (Å²) in [5.41, 5.74) is 3.75. The smallest absolute Gasteiger partial charge is 0.244 e. The van der Waals surface area contributed by atoms with E-state index >= 15 is 0 Å². The van der Waals surface area contributed by atoms with Crippen LogP contribution in [0.1, 0.15) is 29.8 Å². The van der Waals surface area contributed by atoms with Crippen LogP contribution in [0, 0.1) is 0 Å². The summed E-state index contributed by atoms with van der Waals surface area (Å²) in [6.45, 7) is 3.05. The number of hydrogen-bond donors (Lipinski definition) is 1. The Morgan fingerprint density at radius 1 is 1.22 bits per heavy atom. The molecule has 9 heteroatoms. The molecule has 0 bridgehead atoms. The lowest BCUT2D eigenvalue weighted by atomic mass is 9.96. The number of fused-ring (bicyclic) bond motifs is 3. The van der Waals surface area contributed by atoms with E-state index in [-0.39, 0.29) is 4.90 Å². The second kappa shape index (κ2) is 7.95. The third-order valence-corrected chi connectivity index (χ3v) is 8.13. The average Bonchev–Trinajstić information content (AvgIpc) is 3.42. The van der Waals surface area contributed by atoms with Crippen molar-refractivity contribution in [2.24, 2.45) is 0 Å². The molecule has 7 nitrogen and oxygen atoms in total. The molecule has 1 atom stereocenters. The highest BCUT2D eigenvalue weighted by Gasteiger charge is 2.39. The van der Waals surface area contributed by atoms with Gasteiger partial charge in [0.1, 0.15) is 5.75 Å². The van der Waals surface area contributed by atoms with E-state index in [1.54, 1.807) is 41.9 Å². The van der Waals surface area contributed by atoms with E-state index in [0.29, 0.717) is 24.5 Å². The van der Waals surface area contributed by atoms with Gasteiger partial charge >= 0.3 is 0 Å². The molecule has 166 valence electrons. The van der Waals surface area contributed by atoms with E-state index in [4.69, 9.17) is 16.3 Å². The van der Waals surface area contributed by atoms with Crippen LogP contribution in [0.5, 0.6) is 5.75 Å². The Morgan fingerprint density at radius 2 is 2.00 bits per heavy atom. The van der Waals surface area contributed by atoms with Gasteiger partial charge in [0.15, 0.2) is 0 Å². The molecule has 2 aromatic carbocycles. The summed E-state index contributed by atoms with van der Waals surface area (Å²) in [6.07, 6.45) is 4.25. The van der Waals surface area contributed by atoms with E-state index in [1.807, 2.05) is 36.0 Å². The van der Waals surface area contributed by atoms with Crippen molar-refractivity contribution >= 4 is 32.5 Å². The number of aromatic amines is 1.